The molecule has 0 radical (unpaired) electrons. The minimum absolute atomic E-state index is 0. The molecule has 0 aromatic rings. The molecule has 0 saturated carbocycles. The molecule has 0 saturated heterocycles. The summed E-state index contributed by atoms with van der Waals surface area (Å²) in [7, 11) is 3.38. The Bertz CT molecular complexity index is 112. The molecule has 15 heavy (non-hydrogen) atoms. The molecule has 0 fully saturated rings. The van der Waals surface area contributed by atoms with E-state index in [2.05, 4.69) is 9.16 Å². The standard InChI is InChI=1S/6CN.2Ca.Fe/c6*1-2;;;/q6*-1;;+2;. The summed E-state index contributed by atoms with van der Waals surface area (Å²) in [5.74, 6) is 0. The number of rotatable bonds is 0. The van der Waals surface area contributed by atoms with Gasteiger partial charge in [-0.1, -0.05) is 0 Å². The van der Waals surface area contributed by atoms with Crippen LogP contribution in [0.2, 0.25) is 0 Å². The SMILES string of the molecule is [C-]#N.[C-]#N.[C-]#N.[C-]#N.[C-]#N.[C-]#N.[Ca+2].[Ca]=[Fe]. The maximum atomic E-state index is 6.25. The predicted molar refractivity (Wildman–Crippen MR) is 41.3 cm³/mol. The number of hydrogen-bond acceptors (Lipinski definition) is 6. The van der Waals surface area contributed by atoms with E-state index in [1.807, 2.05) is 0 Å². The summed E-state index contributed by atoms with van der Waals surface area (Å²) in [4.78, 5) is 0. The first-order chi connectivity index (χ1) is 7.00. The Morgan fingerprint density at radius 3 is 0.467 bits per heavy atom. The van der Waals surface area contributed by atoms with E-state index >= 15 is 0 Å². The van der Waals surface area contributed by atoms with Gasteiger partial charge in [-0.15, -0.1) is 0 Å². The molecular formula is C6Ca2FeN6-4. The van der Waals surface area contributed by atoms with Gasteiger partial charge in [0.1, 0.15) is 0 Å². The summed E-state index contributed by atoms with van der Waals surface area (Å²) >= 11 is 1.12. The van der Waals surface area contributed by atoms with Crippen molar-refractivity contribution in [3.8, 4) is 0 Å². The second kappa shape index (κ2) is 5320000. The van der Waals surface area contributed by atoms with Crippen LogP contribution in [0.3, 0.4) is 0 Å². The van der Waals surface area contributed by atoms with Crippen LogP contribution in [-0.2, 0) is 9.16 Å². The average molecular weight is 292 g/mol. The van der Waals surface area contributed by atoms with Gasteiger partial charge in [0.2, 0.25) is 0 Å². The van der Waals surface area contributed by atoms with Crippen LogP contribution in [0.1, 0.15) is 0 Å². The first kappa shape index (κ1) is 60.1. The molecule has 0 bridgehead atoms. The molecule has 0 spiro atoms. The minimum atomic E-state index is 0. The zero-order valence-corrected chi connectivity index (χ0v) is 13.0. The molecule has 0 amide bonds. The van der Waals surface area contributed by atoms with Crippen molar-refractivity contribution in [2.24, 2.45) is 0 Å². The topological polar surface area (TPSA) is 143 Å². The van der Waals surface area contributed by atoms with Crippen LogP contribution in [0.15, 0.2) is 0 Å². The summed E-state index contributed by atoms with van der Waals surface area (Å²) in [5.41, 5.74) is 0. The molecule has 9 heteroatoms. The van der Waals surface area contributed by atoms with Crippen molar-refractivity contribution in [3.63, 3.8) is 0 Å². The van der Waals surface area contributed by atoms with Crippen LogP contribution in [0.4, 0.5) is 0 Å². The molecule has 0 atom stereocenters. The molecule has 0 aliphatic rings. The monoisotopic (exact) mass is 292 g/mol. The fraction of sp³-hybridized carbons (Fsp3) is 0. The van der Waals surface area contributed by atoms with Gasteiger partial charge in [-0.05, 0) is 0 Å². The van der Waals surface area contributed by atoms with Gasteiger partial charge in [-0.25, -0.2) is 0 Å². The van der Waals surface area contributed by atoms with Crippen molar-refractivity contribution in [1.82, 2.24) is 0 Å². The summed E-state index contributed by atoms with van der Waals surface area (Å²) in [6.45, 7) is 28.5. The van der Waals surface area contributed by atoms with Crippen molar-refractivity contribution >= 4 is 69.9 Å². The Morgan fingerprint density at radius 1 is 0.467 bits per heavy atom. The molecule has 0 unspecified atom stereocenters. The van der Waals surface area contributed by atoms with Gasteiger partial charge in [-0.3, -0.25) is 0 Å². The number of hydrogen-bond donors (Lipinski definition) is 0. The number of nitrogens with zero attached hydrogens (tertiary/aromatic N) is 6. The van der Waals surface area contributed by atoms with Crippen LogP contribution in [0, 0.1) is 71.0 Å². The maximum absolute atomic E-state index is 6.25. The summed E-state index contributed by atoms with van der Waals surface area (Å²) in [6.07, 6.45) is 0. The van der Waals surface area contributed by atoms with E-state index in [0.717, 1.165) is 32.2 Å². The Labute approximate surface area is 147 Å². The molecule has 0 N–H and O–H groups in total. The van der Waals surface area contributed by atoms with Gasteiger partial charge in [-0.2, -0.15) is 0 Å². The summed E-state index contributed by atoms with van der Waals surface area (Å²) in [5, 5.41) is 37.5. The zero-order chi connectivity index (χ0) is 14.0. The van der Waals surface area contributed by atoms with Crippen molar-refractivity contribution < 1.29 is 9.16 Å². The van der Waals surface area contributed by atoms with E-state index in [0.29, 0.717) is 0 Å². The van der Waals surface area contributed by atoms with Gasteiger partial charge in [0.15, 0.2) is 0 Å². The third-order valence-electron chi connectivity index (χ3n) is 0. The fourth-order valence-electron chi connectivity index (χ4n) is 0. The van der Waals surface area contributed by atoms with E-state index in [9.17, 15) is 0 Å². The van der Waals surface area contributed by atoms with Crippen LogP contribution in [-0.4, -0.2) is 69.9 Å². The van der Waals surface area contributed by atoms with Crippen molar-refractivity contribution in [1.29, 1.82) is 31.6 Å². The molecule has 0 aromatic carbocycles. The van der Waals surface area contributed by atoms with E-state index < -0.39 is 0 Å². The molecule has 0 aliphatic heterocycles. The predicted octanol–water partition coefficient (Wildman–Crippen LogP) is -0.186. The molecule has 70 valence electrons. The first-order valence-electron chi connectivity index (χ1n) is 1.59. The molecule has 0 rings (SSSR count). The molecule has 0 heterocycles. The average Bonchev–Trinajstić information content (AvgIpc) is 2.45. The molecule has 0 aliphatic carbocycles. The zero-order valence-electron chi connectivity index (χ0n) is 7.45. The Hall–Kier alpha value is -0.0210. The molecular weight excluding hydrogens is 292 g/mol. The molecule has 0 aromatic heterocycles. The van der Waals surface area contributed by atoms with Crippen LogP contribution < -0.4 is 0 Å². The van der Waals surface area contributed by atoms with Crippen LogP contribution >= 0.6 is 0 Å². The van der Waals surface area contributed by atoms with Crippen LogP contribution in [0.5, 0.6) is 0 Å². The van der Waals surface area contributed by atoms with Gasteiger partial charge in [0.25, 0.3) is 0 Å². The van der Waals surface area contributed by atoms with Gasteiger partial charge < -0.3 is 71.0 Å². The van der Waals surface area contributed by atoms with E-state index in [1.54, 1.807) is 0 Å². The first-order valence-corrected chi connectivity index (χ1v) is 5.59. The van der Waals surface area contributed by atoms with Gasteiger partial charge in [0, 0.05) is 0 Å². The third-order valence-corrected chi connectivity index (χ3v) is 0. The van der Waals surface area contributed by atoms with E-state index in [-0.39, 0.29) is 37.7 Å². The third kappa shape index (κ3) is 4530000. The summed E-state index contributed by atoms with van der Waals surface area (Å²) < 4.78 is 0. The second-order valence-electron chi connectivity index (χ2n) is 0. The Morgan fingerprint density at radius 2 is 0.467 bits per heavy atom. The summed E-state index contributed by atoms with van der Waals surface area (Å²) in [6, 6.07) is 0. The van der Waals surface area contributed by atoms with Gasteiger partial charge >= 0.3 is 79.0 Å². The fourth-order valence-corrected chi connectivity index (χ4v) is 0. The van der Waals surface area contributed by atoms with E-state index in [4.69, 9.17) is 71.0 Å². The molecule has 6 nitrogen and oxygen atoms in total. The van der Waals surface area contributed by atoms with Crippen molar-refractivity contribution in [2.45, 2.75) is 0 Å². The van der Waals surface area contributed by atoms with Crippen molar-refractivity contribution in [3.05, 3.63) is 39.4 Å². The van der Waals surface area contributed by atoms with Gasteiger partial charge in [0.05, 0.1) is 0 Å². The second-order valence-corrected chi connectivity index (χ2v) is 0. The Kier molecular flexibility index (Phi) is 21300000. The quantitative estimate of drug-likeness (QED) is 0.447. The Balaban J connectivity index is -0.00000000628. The normalized spacial score (nSPS) is 1.27. The van der Waals surface area contributed by atoms with Crippen molar-refractivity contribution in [2.75, 3.05) is 0 Å². The van der Waals surface area contributed by atoms with Crippen LogP contribution in [0.25, 0.3) is 0 Å². The van der Waals surface area contributed by atoms with E-state index in [1.165, 1.54) is 0 Å².